The van der Waals surface area contributed by atoms with Crippen molar-refractivity contribution in [3.05, 3.63) is 0 Å². The minimum absolute atomic E-state index is 0.128. The Bertz CT molecular complexity index is 331. The third kappa shape index (κ3) is 2.54. The van der Waals surface area contributed by atoms with Gasteiger partial charge in [0.25, 0.3) is 0 Å². The molecule has 1 aliphatic carbocycles. The highest BCUT2D eigenvalue weighted by molar-refractivity contribution is 5.83. The molecule has 1 unspecified atom stereocenters. The van der Waals surface area contributed by atoms with E-state index in [0.29, 0.717) is 11.3 Å². The maximum absolute atomic E-state index is 12.7. The first-order valence-corrected chi connectivity index (χ1v) is 8.14. The van der Waals surface area contributed by atoms with Crippen LogP contribution in [0.2, 0.25) is 0 Å². The number of rotatable bonds is 1. The van der Waals surface area contributed by atoms with Gasteiger partial charge >= 0.3 is 0 Å². The molecule has 1 N–H and O–H groups in total. The molecule has 19 heavy (non-hydrogen) atoms. The first-order chi connectivity index (χ1) is 9.14. The predicted molar refractivity (Wildman–Crippen MR) is 76.9 cm³/mol. The number of hydrogen-bond acceptors (Lipinski definition) is 2. The summed E-state index contributed by atoms with van der Waals surface area (Å²) in [4.78, 5) is 14.8. The number of carbonyl (C=O) groups excluding carboxylic acids is 1. The van der Waals surface area contributed by atoms with Gasteiger partial charge in [-0.15, -0.1) is 0 Å². The molecule has 0 radical (unpaired) electrons. The first kappa shape index (κ1) is 13.4. The molecule has 3 heteroatoms. The van der Waals surface area contributed by atoms with Crippen molar-refractivity contribution in [2.24, 2.45) is 10.8 Å². The van der Waals surface area contributed by atoms with Crippen LogP contribution in [-0.4, -0.2) is 37.0 Å². The Morgan fingerprint density at radius 1 is 1.00 bits per heavy atom. The van der Waals surface area contributed by atoms with E-state index in [4.69, 9.17) is 0 Å². The molecule has 3 rings (SSSR count). The second kappa shape index (κ2) is 5.08. The lowest BCUT2D eigenvalue weighted by Crippen LogP contribution is -2.49. The van der Waals surface area contributed by atoms with Crippen molar-refractivity contribution in [2.75, 3.05) is 26.2 Å². The predicted octanol–water partition coefficient (Wildman–Crippen LogP) is 2.56. The molecule has 108 valence electrons. The molecule has 2 saturated heterocycles. The summed E-state index contributed by atoms with van der Waals surface area (Å²) in [6, 6.07) is 0. The van der Waals surface area contributed by atoms with Gasteiger partial charge in [0, 0.05) is 19.6 Å². The minimum atomic E-state index is -0.128. The van der Waals surface area contributed by atoms with Gasteiger partial charge in [0.1, 0.15) is 0 Å². The van der Waals surface area contributed by atoms with Gasteiger partial charge in [-0.05, 0) is 51.0 Å². The first-order valence-electron chi connectivity index (χ1n) is 8.14. The maximum atomic E-state index is 12.7. The van der Waals surface area contributed by atoms with E-state index in [9.17, 15) is 4.79 Å². The Kier molecular flexibility index (Phi) is 3.59. The number of hydrogen-bond donors (Lipinski definition) is 1. The lowest BCUT2D eigenvalue weighted by Gasteiger charge is -2.45. The largest absolute Gasteiger partial charge is 0.342 e. The average Bonchev–Trinajstić information content (AvgIpc) is 2.88. The Hall–Kier alpha value is -0.570. The van der Waals surface area contributed by atoms with E-state index in [-0.39, 0.29) is 5.41 Å². The second-order valence-electron chi connectivity index (χ2n) is 7.34. The van der Waals surface area contributed by atoms with Gasteiger partial charge in [-0.3, -0.25) is 4.79 Å². The van der Waals surface area contributed by atoms with Crippen LogP contribution in [-0.2, 0) is 4.79 Å². The summed E-state index contributed by atoms with van der Waals surface area (Å²) < 4.78 is 0. The number of nitrogens with zero attached hydrogens (tertiary/aromatic N) is 1. The van der Waals surface area contributed by atoms with E-state index < -0.39 is 0 Å². The lowest BCUT2D eigenvalue weighted by atomic mass is 9.68. The molecule has 1 spiro atoms. The highest BCUT2D eigenvalue weighted by Gasteiger charge is 2.42. The van der Waals surface area contributed by atoms with Gasteiger partial charge in [0.05, 0.1) is 5.41 Å². The minimum Gasteiger partial charge on any atom is -0.342 e. The molecule has 3 fully saturated rings. The van der Waals surface area contributed by atoms with Crippen molar-refractivity contribution < 1.29 is 4.79 Å². The Labute approximate surface area is 117 Å². The van der Waals surface area contributed by atoms with Crippen molar-refractivity contribution in [3.8, 4) is 0 Å². The molecule has 3 nitrogen and oxygen atoms in total. The van der Waals surface area contributed by atoms with Crippen molar-refractivity contribution in [2.45, 2.75) is 58.3 Å². The second-order valence-corrected chi connectivity index (χ2v) is 7.34. The van der Waals surface area contributed by atoms with Crippen LogP contribution in [0.5, 0.6) is 0 Å². The molecule has 3 aliphatic rings. The summed E-state index contributed by atoms with van der Waals surface area (Å²) in [6.07, 6.45) is 10.6. The van der Waals surface area contributed by atoms with Crippen molar-refractivity contribution >= 4 is 5.91 Å². The standard InChI is InChI=1S/C16H28N2O/c1-15(7-10-17-13-15)14(19)18-11-8-16(9-12-18)5-3-2-4-6-16/h17H,2-13H2,1H3. The molecule has 0 aromatic heterocycles. The zero-order chi connectivity index (χ0) is 13.3. The normalized spacial score (nSPS) is 34.7. The van der Waals surface area contributed by atoms with Crippen LogP contribution in [0.1, 0.15) is 58.3 Å². The van der Waals surface area contributed by atoms with Gasteiger partial charge < -0.3 is 10.2 Å². The van der Waals surface area contributed by atoms with Gasteiger partial charge in [-0.2, -0.15) is 0 Å². The Balaban J connectivity index is 1.59. The molecule has 0 aromatic carbocycles. The van der Waals surface area contributed by atoms with Gasteiger partial charge in [-0.1, -0.05) is 19.3 Å². The average molecular weight is 264 g/mol. The number of carbonyl (C=O) groups is 1. The highest BCUT2D eigenvalue weighted by Crippen LogP contribution is 2.45. The Morgan fingerprint density at radius 3 is 2.26 bits per heavy atom. The van der Waals surface area contributed by atoms with Crippen LogP contribution in [0.15, 0.2) is 0 Å². The third-order valence-electron chi connectivity index (χ3n) is 5.91. The number of likely N-dealkylation sites (tertiary alicyclic amines) is 1. The summed E-state index contributed by atoms with van der Waals surface area (Å²) in [5, 5.41) is 3.34. The lowest BCUT2D eigenvalue weighted by molar-refractivity contribution is -0.143. The van der Waals surface area contributed by atoms with Crippen LogP contribution in [0.4, 0.5) is 0 Å². The van der Waals surface area contributed by atoms with Crippen LogP contribution < -0.4 is 5.32 Å². The fraction of sp³-hybridized carbons (Fsp3) is 0.938. The molecule has 2 aliphatic heterocycles. The smallest absolute Gasteiger partial charge is 0.229 e. The van der Waals surface area contributed by atoms with E-state index in [1.54, 1.807) is 0 Å². The van der Waals surface area contributed by atoms with Gasteiger partial charge in [0.15, 0.2) is 0 Å². The molecule has 0 aromatic rings. The van der Waals surface area contributed by atoms with Crippen LogP contribution in [0, 0.1) is 10.8 Å². The Morgan fingerprint density at radius 2 is 1.68 bits per heavy atom. The summed E-state index contributed by atoms with van der Waals surface area (Å²) in [5.74, 6) is 0.406. The summed E-state index contributed by atoms with van der Waals surface area (Å²) >= 11 is 0. The molecule has 1 amide bonds. The summed E-state index contributed by atoms with van der Waals surface area (Å²) in [5.41, 5.74) is 0.473. The zero-order valence-corrected chi connectivity index (χ0v) is 12.3. The highest BCUT2D eigenvalue weighted by atomic mass is 16.2. The van der Waals surface area contributed by atoms with E-state index in [0.717, 1.165) is 32.6 Å². The summed E-state index contributed by atoms with van der Waals surface area (Å²) in [7, 11) is 0. The number of nitrogens with one attached hydrogen (secondary N) is 1. The van der Waals surface area contributed by atoms with E-state index in [2.05, 4.69) is 17.1 Å². The molecule has 2 heterocycles. The van der Waals surface area contributed by atoms with Crippen LogP contribution in [0.3, 0.4) is 0 Å². The van der Waals surface area contributed by atoms with E-state index >= 15 is 0 Å². The molecule has 1 atom stereocenters. The fourth-order valence-electron chi connectivity index (χ4n) is 4.37. The summed E-state index contributed by atoms with van der Waals surface area (Å²) in [6.45, 7) is 6.02. The van der Waals surface area contributed by atoms with Gasteiger partial charge in [-0.25, -0.2) is 0 Å². The molecular weight excluding hydrogens is 236 g/mol. The quantitative estimate of drug-likeness (QED) is 0.789. The fourth-order valence-corrected chi connectivity index (χ4v) is 4.37. The van der Waals surface area contributed by atoms with Crippen molar-refractivity contribution in [3.63, 3.8) is 0 Å². The van der Waals surface area contributed by atoms with E-state index in [1.807, 2.05) is 0 Å². The van der Waals surface area contributed by atoms with Crippen LogP contribution in [0.25, 0.3) is 0 Å². The number of piperidine rings is 1. The zero-order valence-electron chi connectivity index (χ0n) is 12.3. The number of amides is 1. The van der Waals surface area contributed by atoms with E-state index in [1.165, 1.54) is 44.9 Å². The molecule has 0 bridgehead atoms. The monoisotopic (exact) mass is 264 g/mol. The molecule has 1 saturated carbocycles. The SMILES string of the molecule is CC1(C(=O)N2CCC3(CCCCC3)CC2)CCNC1. The maximum Gasteiger partial charge on any atom is 0.229 e. The van der Waals surface area contributed by atoms with Crippen molar-refractivity contribution in [1.82, 2.24) is 10.2 Å². The van der Waals surface area contributed by atoms with Crippen molar-refractivity contribution in [1.29, 1.82) is 0 Å². The molecular formula is C16H28N2O. The van der Waals surface area contributed by atoms with Gasteiger partial charge in [0.2, 0.25) is 5.91 Å². The topological polar surface area (TPSA) is 32.3 Å². The van der Waals surface area contributed by atoms with Crippen LogP contribution >= 0.6 is 0 Å². The third-order valence-corrected chi connectivity index (χ3v) is 5.91.